The molecule has 0 rings (SSSR count). The van der Waals surface area contributed by atoms with Gasteiger partial charge in [0.2, 0.25) is 0 Å². The molecule has 0 aromatic heterocycles. The lowest BCUT2D eigenvalue weighted by Gasteiger charge is -2.20. The second-order valence-corrected chi connectivity index (χ2v) is 4.28. The van der Waals surface area contributed by atoms with Crippen LogP contribution in [0.25, 0.3) is 0 Å². The van der Waals surface area contributed by atoms with Gasteiger partial charge in [-0.3, -0.25) is 0 Å². The zero-order valence-electron chi connectivity index (χ0n) is 15.3. The van der Waals surface area contributed by atoms with Crippen molar-refractivity contribution >= 4 is 0 Å². The fraction of sp³-hybridized carbons (Fsp3) is 0.778. The summed E-state index contributed by atoms with van der Waals surface area (Å²) < 4.78 is 5.85. The molecule has 0 heterocycles. The monoisotopic (exact) mass is 304 g/mol. The van der Waals surface area contributed by atoms with Gasteiger partial charge in [0.25, 0.3) is 0 Å². The standard InChI is InChI=1S/C10H22O.2C3H6.C2H6O2/c1-5-9(6-2)11-10(7-3)8-4;2*1-3-2;3-1-2-4/h9-10H,5-8H2,1-4H3;2*3H,1H2,2H3;3-4H,1-2H2. The van der Waals surface area contributed by atoms with Crippen LogP contribution in [0.2, 0.25) is 0 Å². The molecule has 0 bridgehead atoms. The van der Waals surface area contributed by atoms with E-state index in [1.54, 1.807) is 12.2 Å². The molecule has 0 aliphatic rings. The van der Waals surface area contributed by atoms with Crippen molar-refractivity contribution in [3.63, 3.8) is 0 Å². The molecule has 2 N–H and O–H groups in total. The number of hydrogen-bond donors (Lipinski definition) is 2. The maximum Gasteiger partial charge on any atom is 0.0662 e. The highest BCUT2D eigenvalue weighted by atomic mass is 16.5. The Morgan fingerprint density at radius 1 is 0.762 bits per heavy atom. The van der Waals surface area contributed by atoms with Crippen molar-refractivity contribution in [3.05, 3.63) is 25.3 Å². The molecule has 0 saturated carbocycles. The molecule has 0 unspecified atom stereocenters. The van der Waals surface area contributed by atoms with E-state index in [9.17, 15) is 0 Å². The van der Waals surface area contributed by atoms with Crippen molar-refractivity contribution < 1.29 is 14.9 Å². The van der Waals surface area contributed by atoms with Crippen LogP contribution in [0.5, 0.6) is 0 Å². The number of allylic oxidation sites excluding steroid dienone is 2. The fourth-order valence-electron chi connectivity index (χ4n) is 1.23. The molecule has 0 aliphatic carbocycles. The number of aliphatic hydroxyl groups excluding tert-OH is 2. The van der Waals surface area contributed by atoms with Gasteiger partial charge in [-0.05, 0) is 39.5 Å². The Balaban J connectivity index is -0.000000119. The van der Waals surface area contributed by atoms with Gasteiger partial charge in [0.05, 0.1) is 25.4 Å². The molecule has 0 aliphatic heterocycles. The van der Waals surface area contributed by atoms with E-state index in [1.165, 1.54) is 0 Å². The van der Waals surface area contributed by atoms with Gasteiger partial charge in [-0.1, -0.05) is 39.8 Å². The van der Waals surface area contributed by atoms with Crippen LogP contribution in [0.4, 0.5) is 0 Å². The molecule has 130 valence electrons. The third-order valence-corrected chi connectivity index (χ3v) is 2.31. The predicted octanol–water partition coefficient (Wildman–Crippen LogP) is 4.74. The lowest BCUT2D eigenvalue weighted by Crippen LogP contribution is -2.19. The van der Waals surface area contributed by atoms with Crippen LogP contribution in [-0.4, -0.2) is 35.6 Å². The van der Waals surface area contributed by atoms with Crippen molar-refractivity contribution in [3.8, 4) is 0 Å². The molecule has 0 fully saturated rings. The second kappa shape index (κ2) is 31.6. The van der Waals surface area contributed by atoms with Crippen molar-refractivity contribution in [2.45, 2.75) is 79.4 Å². The van der Waals surface area contributed by atoms with Gasteiger partial charge in [-0.15, -0.1) is 13.2 Å². The van der Waals surface area contributed by atoms with E-state index in [1.807, 2.05) is 13.8 Å². The van der Waals surface area contributed by atoms with Crippen LogP contribution in [0.1, 0.15) is 67.2 Å². The van der Waals surface area contributed by atoms with Gasteiger partial charge < -0.3 is 14.9 Å². The summed E-state index contributed by atoms with van der Waals surface area (Å²) in [4.78, 5) is 0. The minimum atomic E-state index is -0.125. The molecule has 3 nitrogen and oxygen atoms in total. The third-order valence-electron chi connectivity index (χ3n) is 2.31. The van der Waals surface area contributed by atoms with E-state index in [0.29, 0.717) is 12.2 Å². The average molecular weight is 305 g/mol. The van der Waals surface area contributed by atoms with Crippen LogP contribution in [0.15, 0.2) is 25.3 Å². The molecule has 0 radical (unpaired) electrons. The molecular weight excluding hydrogens is 264 g/mol. The molecule has 0 atom stereocenters. The summed E-state index contributed by atoms with van der Waals surface area (Å²) in [6.07, 6.45) is 9.06. The molecule has 0 spiro atoms. The summed E-state index contributed by atoms with van der Waals surface area (Å²) in [6, 6.07) is 0. The lowest BCUT2D eigenvalue weighted by molar-refractivity contribution is -0.0188. The number of rotatable bonds is 7. The van der Waals surface area contributed by atoms with E-state index in [4.69, 9.17) is 14.9 Å². The highest BCUT2D eigenvalue weighted by Crippen LogP contribution is 2.11. The van der Waals surface area contributed by atoms with Crippen molar-refractivity contribution in [2.24, 2.45) is 0 Å². The quantitative estimate of drug-likeness (QED) is 0.668. The van der Waals surface area contributed by atoms with E-state index in [2.05, 4.69) is 40.9 Å². The molecule has 0 saturated heterocycles. The smallest absolute Gasteiger partial charge is 0.0662 e. The zero-order chi connectivity index (χ0) is 17.5. The Morgan fingerprint density at radius 3 is 1.05 bits per heavy atom. The zero-order valence-corrected chi connectivity index (χ0v) is 15.3. The van der Waals surface area contributed by atoms with E-state index < -0.39 is 0 Å². The highest BCUT2D eigenvalue weighted by molar-refractivity contribution is 4.58. The Hall–Kier alpha value is -0.640. The second-order valence-electron chi connectivity index (χ2n) is 4.28. The molecule has 0 aromatic carbocycles. The topological polar surface area (TPSA) is 49.7 Å². The summed E-state index contributed by atoms with van der Waals surface area (Å²) in [5.74, 6) is 0. The SMILES string of the molecule is C=CC.C=CC.CCC(CC)OC(CC)CC.OCCO. The maximum atomic E-state index is 7.62. The largest absolute Gasteiger partial charge is 0.394 e. The van der Waals surface area contributed by atoms with Crippen LogP contribution in [0.3, 0.4) is 0 Å². The Morgan fingerprint density at radius 2 is 0.952 bits per heavy atom. The fourth-order valence-corrected chi connectivity index (χ4v) is 1.23. The van der Waals surface area contributed by atoms with Gasteiger partial charge in [0.15, 0.2) is 0 Å². The predicted molar refractivity (Wildman–Crippen MR) is 95.7 cm³/mol. The van der Waals surface area contributed by atoms with Crippen molar-refractivity contribution in [1.29, 1.82) is 0 Å². The molecule has 0 amide bonds. The summed E-state index contributed by atoms with van der Waals surface area (Å²) in [7, 11) is 0. The van der Waals surface area contributed by atoms with Gasteiger partial charge >= 0.3 is 0 Å². The van der Waals surface area contributed by atoms with Crippen LogP contribution >= 0.6 is 0 Å². The Labute approximate surface area is 133 Å². The first kappa shape index (κ1) is 28.5. The van der Waals surface area contributed by atoms with Crippen LogP contribution in [-0.2, 0) is 4.74 Å². The minimum Gasteiger partial charge on any atom is -0.394 e. The average Bonchev–Trinajstić information content (AvgIpc) is 2.50. The molecular formula is C18H40O3. The maximum absolute atomic E-state index is 7.62. The number of aliphatic hydroxyl groups is 2. The normalized spacial score (nSPS) is 8.67. The molecule has 3 heteroatoms. The molecule has 0 aromatic rings. The van der Waals surface area contributed by atoms with Gasteiger partial charge in [0.1, 0.15) is 0 Å². The summed E-state index contributed by atoms with van der Waals surface area (Å²) >= 11 is 0. The first-order chi connectivity index (χ1) is 10.0. The number of ether oxygens (including phenoxy) is 1. The van der Waals surface area contributed by atoms with Gasteiger partial charge in [-0.2, -0.15) is 0 Å². The third kappa shape index (κ3) is 38.2. The lowest BCUT2D eigenvalue weighted by atomic mass is 10.2. The minimum absolute atomic E-state index is 0.125. The Kier molecular flexibility index (Phi) is 43.0. The van der Waals surface area contributed by atoms with E-state index >= 15 is 0 Å². The van der Waals surface area contributed by atoms with Crippen molar-refractivity contribution in [1.82, 2.24) is 0 Å². The van der Waals surface area contributed by atoms with E-state index in [0.717, 1.165) is 25.7 Å². The van der Waals surface area contributed by atoms with Gasteiger partial charge in [-0.25, -0.2) is 0 Å². The van der Waals surface area contributed by atoms with Crippen LogP contribution in [0, 0.1) is 0 Å². The Bertz CT molecular complexity index is 144. The number of hydrogen-bond acceptors (Lipinski definition) is 3. The summed E-state index contributed by atoms with van der Waals surface area (Å²) in [5.41, 5.74) is 0. The van der Waals surface area contributed by atoms with Crippen LogP contribution < -0.4 is 0 Å². The molecule has 21 heavy (non-hydrogen) atoms. The first-order valence-electron chi connectivity index (χ1n) is 8.04. The first-order valence-corrected chi connectivity index (χ1v) is 8.04. The highest BCUT2D eigenvalue weighted by Gasteiger charge is 2.09. The summed E-state index contributed by atoms with van der Waals surface area (Å²) in [5, 5.41) is 15.2. The van der Waals surface area contributed by atoms with E-state index in [-0.39, 0.29) is 13.2 Å². The van der Waals surface area contributed by atoms with Gasteiger partial charge in [0, 0.05) is 0 Å². The summed E-state index contributed by atoms with van der Waals surface area (Å²) in [6.45, 7) is 19.0. The van der Waals surface area contributed by atoms with Crippen molar-refractivity contribution in [2.75, 3.05) is 13.2 Å².